The van der Waals surface area contributed by atoms with Crippen LogP contribution in [0.5, 0.6) is 0 Å². The van der Waals surface area contributed by atoms with E-state index in [4.69, 9.17) is 26.2 Å². The number of carboxylic acids is 2. The Morgan fingerprint density at radius 3 is 2.59 bits per heavy atom. The number of nitrogens with one attached hydrogen (secondary N) is 1. The van der Waals surface area contributed by atoms with Gasteiger partial charge in [0.05, 0.1) is 28.1 Å². The zero-order chi connectivity index (χ0) is 19.4. The molecule has 0 amide bonds. The molecule has 0 aliphatic rings. The van der Waals surface area contributed by atoms with Crippen molar-refractivity contribution in [1.82, 2.24) is 0 Å². The van der Waals surface area contributed by atoms with E-state index in [1.54, 1.807) is 30.3 Å². The molecule has 0 saturated heterocycles. The number of hydrogen-bond donors (Lipinski definition) is 3. The van der Waals surface area contributed by atoms with Crippen LogP contribution in [0, 0.1) is 0 Å². The average Bonchev–Trinajstić information content (AvgIpc) is 3.12. The monoisotopic (exact) mass is 384 g/mol. The molecule has 0 atom stereocenters. The maximum absolute atomic E-state index is 11.1. The van der Waals surface area contributed by atoms with Crippen molar-refractivity contribution in [1.29, 1.82) is 0 Å². The molecule has 0 aliphatic heterocycles. The molecule has 27 heavy (non-hydrogen) atoms. The lowest BCUT2D eigenvalue weighted by Gasteiger charge is -2.03. The van der Waals surface area contributed by atoms with Crippen molar-refractivity contribution in [3.05, 3.63) is 76.5 Å². The first-order valence-electron chi connectivity index (χ1n) is 7.69. The van der Waals surface area contributed by atoms with E-state index < -0.39 is 11.9 Å². The summed E-state index contributed by atoms with van der Waals surface area (Å²) >= 11 is 5.81. The number of nitrogens with zero attached hydrogens (tertiary/aromatic N) is 1. The van der Waals surface area contributed by atoms with Gasteiger partial charge in [-0.05, 0) is 42.5 Å². The third-order valence-electron chi connectivity index (χ3n) is 3.60. The van der Waals surface area contributed by atoms with Crippen LogP contribution in [0.2, 0.25) is 5.02 Å². The second kappa shape index (κ2) is 7.76. The predicted octanol–water partition coefficient (Wildman–Crippen LogP) is 4.44. The standard InChI is InChI=1S/C19H13ClN2O5/c20-16-6-4-13(9-15(16)19(25)26)22-21-10-14-5-7-17(27-14)11-2-1-3-12(8-11)18(23)24/h1-10,22H,(H,23,24)(H,25,26)/b21-10-. The van der Waals surface area contributed by atoms with Gasteiger partial charge in [0.15, 0.2) is 0 Å². The topological polar surface area (TPSA) is 112 Å². The van der Waals surface area contributed by atoms with Crippen LogP contribution in [-0.2, 0) is 0 Å². The van der Waals surface area contributed by atoms with E-state index in [1.807, 2.05) is 0 Å². The minimum Gasteiger partial charge on any atom is -0.478 e. The Bertz CT molecular complexity index is 1040. The zero-order valence-electron chi connectivity index (χ0n) is 13.7. The van der Waals surface area contributed by atoms with E-state index in [9.17, 15) is 9.59 Å². The van der Waals surface area contributed by atoms with E-state index in [0.29, 0.717) is 22.8 Å². The van der Waals surface area contributed by atoms with E-state index in [0.717, 1.165) is 0 Å². The van der Waals surface area contributed by atoms with E-state index in [1.165, 1.54) is 30.5 Å². The summed E-state index contributed by atoms with van der Waals surface area (Å²) in [6, 6.07) is 14.2. The van der Waals surface area contributed by atoms with Gasteiger partial charge in [0.25, 0.3) is 0 Å². The Kier molecular flexibility index (Phi) is 5.23. The molecule has 3 aromatic rings. The molecule has 3 N–H and O–H groups in total. The van der Waals surface area contributed by atoms with Crippen molar-refractivity contribution in [2.24, 2.45) is 5.10 Å². The average molecular weight is 385 g/mol. The summed E-state index contributed by atoms with van der Waals surface area (Å²) in [4.78, 5) is 22.1. The second-order valence-corrected chi connectivity index (χ2v) is 5.86. The Labute approximate surface area is 158 Å². The molecule has 0 fully saturated rings. The van der Waals surface area contributed by atoms with Gasteiger partial charge in [-0.25, -0.2) is 9.59 Å². The quantitative estimate of drug-likeness (QED) is 0.427. The number of halogens is 1. The number of hydrogen-bond acceptors (Lipinski definition) is 5. The van der Waals surface area contributed by atoms with Crippen LogP contribution >= 0.6 is 11.6 Å². The number of furan rings is 1. The van der Waals surface area contributed by atoms with Gasteiger partial charge < -0.3 is 14.6 Å². The second-order valence-electron chi connectivity index (χ2n) is 5.46. The summed E-state index contributed by atoms with van der Waals surface area (Å²) in [6.45, 7) is 0. The molecule has 0 radical (unpaired) electrons. The first kappa shape index (κ1) is 18.2. The number of carbonyl (C=O) groups is 2. The number of benzene rings is 2. The highest BCUT2D eigenvalue weighted by molar-refractivity contribution is 6.33. The first-order valence-corrected chi connectivity index (χ1v) is 8.07. The number of rotatable bonds is 6. The fraction of sp³-hybridized carbons (Fsp3) is 0. The van der Waals surface area contributed by atoms with Crippen LogP contribution in [0.3, 0.4) is 0 Å². The van der Waals surface area contributed by atoms with Gasteiger partial charge in [0.2, 0.25) is 0 Å². The molecule has 0 spiro atoms. The molecule has 0 aliphatic carbocycles. The Morgan fingerprint density at radius 1 is 1.04 bits per heavy atom. The lowest BCUT2D eigenvalue weighted by molar-refractivity contribution is 0.0686. The summed E-state index contributed by atoms with van der Waals surface area (Å²) in [5.74, 6) is -1.21. The van der Waals surface area contributed by atoms with Gasteiger partial charge in [0, 0.05) is 5.56 Å². The normalized spacial score (nSPS) is 10.9. The van der Waals surface area contributed by atoms with Crippen molar-refractivity contribution >= 4 is 35.4 Å². The number of carboxylic acid groups (broad SMARTS) is 2. The SMILES string of the molecule is O=C(O)c1cccc(-c2ccc(/C=N\Nc3ccc(Cl)c(C(=O)O)c3)o2)c1. The fourth-order valence-electron chi connectivity index (χ4n) is 2.31. The van der Waals surface area contributed by atoms with Crippen LogP contribution in [0.25, 0.3) is 11.3 Å². The predicted molar refractivity (Wildman–Crippen MR) is 101 cm³/mol. The highest BCUT2D eigenvalue weighted by Gasteiger charge is 2.09. The van der Waals surface area contributed by atoms with Crippen LogP contribution in [0.1, 0.15) is 26.5 Å². The van der Waals surface area contributed by atoms with Gasteiger partial charge in [-0.15, -0.1) is 0 Å². The molecule has 7 nitrogen and oxygen atoms in total. The van der Waals surface area contributed by atoms with E-state index in [-0.39, 0.29) is 16.1 Å². The molecule has 1 aromatic heterocycles. The summed E-state index contributed by atoms with van der Waals surface area (Å²) in [5, 5.41) is 22.2. The van der Waals surface area contributed by atoms with E-state index in [2.05, 4.69) is 10.5 Å². The van der Waals surface area contributed by atoms with Crippen molar-refractivity contribution < 1.29 is 24.2 Å². The van der Waals surface area contributed by atoms with Gasteiger partial charge in [-0.2, -0.15) is 5.10 Å². The number of anilines is 1. The third-order valence-corrected chi connectivity index (χ3v) is 3.93. The van der Waals surface area contributed by atoms with Crippen molar-refractivity contribution in [3.8, 4) is 11.3 Å². The van der Waals surface area contributed by atoms with Gasteiger partial charge in [-0.3, -0.25) is 5.43 Å². The number of aromatic carboxylic acids is 2. The molecule has 2 aromatic carbocycles. The van der Waals surface area contributed by atoms with Crippen molar-refractivity contribution in [3.63, 3.8) is 0 Å². The largest absolute Gasteiger partial charge is 0.478 e. The van der Waals surface area contributed by atoms with Gasteiger partial charge in [-0.1, -0.05) is 23.7 Å². The molecule has 136 valence electrons. The van der Waals surface area contributed by atoms with Crippen LogP contribution in [0.4, 0.5) is 5.69 Å². The Hall–Kier alpha value is -3.58. The molecule has 3 rings (SSSR count). The number of hydrazone groups is 1. The maximum Gasteiger partial charge on any atom is 0.337 e. The molecule has 8 heteroatoms. The van der Waals surface area contributed by atoms with Crippen LogP contribution in [-0.4, -0.2) is 28.4 Å². The highest BCUT2D eigenvalue weighted by atomic mass is 35.5. The summed E-state index contributed by atoms with van der Waals surface area (Å²) in [7, 11) is 0. The minimum atomic E-state index is -1.13. The van der Waals surface area contributed by atoms with Crippen molar-refractivity contribution in [2.75, 3.05) is 5.43 Å². The zero-order valence-corrected chi connectivity index (χ0v) is 14.5. The summed E-state index contributed by atoms with van der Waals surface area (Å²) < 4.78 is 5.63. The minimum absolute atomic E-state index is 0.0320. The van der Waals surface area contributed by atoms with Gasteiger partial charge in [0.1, 0.15) is 11.5 Å². The van der Waals surface area contributed by atoms with E-state index >= 15 is 0 Å². The molecular weight excluding hydrogens is 372 g/mol. The summed E-state index contributed by atoms with van der Waals surface area (Å²) in [5.41, 5.74) is 3.91. The fourth-order valence-corrected chi connectivity index (χ4v) is 2.51. The van der Waals surface area contributed by atoms with Gasteiger partial charge >= 0.3 is 11.9 Å². The maximum atomic E-state index is 11.1. The molecular formula is C19H13ClN2O5. The lowest BCUT2D eigenvalue weighted by Crippen LogP contribution is -1.99. The van der Waals surface area contributed by atoms with Crippen LogP contribution in [0.15, 0.2) is 64.1 Å². The van der Waals surface area contributed by atoms with Crippen molar-refractivity contribution in [2.45, 2.75) is 0 Å². The molecule has 0 saturated carbocycles. The Morgan fingerprint density at radius 2 is 1.85 bits per heavy atom. The molecule has 0 unspecified atom stereocenters. The molecule has 0 bridgehead atoms. The Balaban J connectivity index is 1.73. The van der Waals surface area contributed by atoms with Crippen LogP contribution < -0.4 is 5.43 Å². The highest BCUT2D eigenvalue weighted by Crippen LogP contribution is 2.23. The third kappa shape index (κ3) is 4.34. The lowest BCUT2D eigenvalue weighted by atomic mass is 10.1. The summed E-state index contributed by atoms with van der Waals surface area (Å²) in [6.07, 6.45) is 1.42. The molecule has 1 heterocycles. The first-order chi connectivity index (χ1) is 12.9. The smallest absolute Gasteiger partial charge is 0.337 e.